The Labute approximate surface area is 78.0 Å². The maximum Gasteiger partial charge on any atom is 0.129 e. The molecule has 72 valence electrons. The van der Waals surface area contributed by atoms with Crippen LogP contribution in [0, 0.1) is 0 Å². The SMILES string of the molecule is CC(C)c1cc(NCCO)ncn1. The van der Waals surface area contributed by atoms with Crippen molar-refractivity contribution in [1.82, 2.24) is 9.97 Å². The normalized spacial score (nSPS) is 10.5. The number of hydrogen-bond donors (Lipinski definition) is 2. The first kappa shape index (κ1) is 9.92. The van der Waals surface area contributed by atoms with Gasteiger partial charge in [-0.3, -0.25) is 0 Å². The number of aromatic nitrogens is 2. The molecule has 0 saturated carbocycles. The molecule has 0 spiro atoms. The average molecular weight is 181 g/mol. The van der Waals surface area contributed by atoms with E-state index in [1.165, 1.54) is 6.33 Å². The van der Waals surface area contributed by atoms with E-state index in [1.807, 2.05) is 6.07 Å². The largest absolute Gasteiger partial charge is 0.395 e. The smallest absolute Gasteiger partial charge is 0.129 e. The summed E-state index contributed by atoms with van der Waals surface area (Å²) in [6, 6.07) is 1.90. The van der Waals surface area contributed by atoms with Crippen molar-refractivity contribution in [3.05, 3.63) is 18.1 Å². The molecule has 0 radical (unpaired) electrons. The van der Waals surface area contributed by atoms with Gasteiger partial charge in [-0.15, -0.1) is 0 Å². The maximum atomic E-state index is 8.60. The van der Waals surface area contributed by atoms with Gasteiger partial charge < -0.3 is 10.4 Å². The molecule has 0 fully saturated rings. The van der Waals surface area contributed by atoms with Crippen molar-refractivity contribution in [2.75, 3.05) is 18.5 Å². The van der Waals surface area contributed by atoms with Crippen LogP contribution in [0.5, 0.6) is 0 Å². The van der Waals surface area contributed by atoms with Gasteiger partial charge in [-0.25, -0.2) is 9.97 Å². The number of nitrogens with one attached hydrogen (secondary N) is 1. The summed E-state index contributed by atoms with van der Waals surface area (Å²) >= 11 is 0. The molecule has 0 aromatic carbocycles. The predicted octanol–water partition coefficient (Wildman–Crippen LogP) is 1.00. The molecule has 0 bridgehead atoms. The highest BCUT2D eigenvalue weighted by atomic mass is 16.3. The van der Waals surface area contributed by atoms with Gasteiger partial charge in [0.2, 0.25) is 0 Å². The number of aliphatic hydroxyl groups is 1. The van der Waals surface area contributed by atoms with Gasteiger partial charge in [-0.05, 0) is 5.92 Å². The Morgan fingerprint density at radius 1 is 1.46 bits per heavy atom. The van der Waals surface area contributed by atoms with Crippen molar-refractivity contribution in [2.24, 2.45) is 0 Å². The first-order chi connectivity index (χ1) is 6.24. The van der Waals surface area contributed by atoms with Crippen LogP contribution in [0.3, 0.4) is 0 Å². The monoisotopic (exact) mass is 181 g/mol. The van der Waals surface area contributed by atoms with E-state index < -0.39 is 0 Å². The Balaban J connectivity index is 2.68. The minimum atomic E-state index is 0.112. The Bertz CT molecular complexity index is 263. The van der Waals surface area contributed by atoms with Gasteiger partial charge in [0.1, 0.15) is 12.1 Å². The molecule has 0 saturated heterocycles. The van der Waals surface area contributed by atoms with Gasteiger partial charge in [0, 0.05) is 18.3 Å². The highest BCUT2D eigenvalue weighted by Gasteiger charge is 2.01. The molecule has 0 aliphatic heterocycles. The molecular formula is C9H15N3O. The third kappa shape index (κ3) is 2.99. The zero-order valence-corrected chi connectivity index (χ0v) is 7.99. The maximum absolute atomic E-state index is 8.60. The van der Waals surface area contributed by atoms with E-state index in [1.54, 1.807) is 0 Å². The molecule has 1 aromatic heterocycles. The van der Waals surface area contributed by atoms with Crippen molar-refractivity contribution in [1.29, 1.82) is 0 Å². The first-order valence-corrected chi connectivity index (χ1v) is 4.40. The van der Waals surface area contributed by atoms with Crippen molar-refractivity contribution < 1.29 is 5.11 Å². The molecule has 1 aromatic rings. The quantitative estimate of drug-likeness (QED) is 0.727. The van der Waals surface area contributed by atoms with E-state index in [0.717, 1.165) is 11.5 Å². The summed E-state index contributed by atoms with van der Waals surface area (Å²) in [5, 5.41) is 11.6. The van der Waals surface area contributed by atoms with Crippen LogP contribution in [-0.2, 0) is 0 Å². The van der Waals surface area contributed by atoms with Gasteiger partial charge in [0.15, 0.2) is 0 Å². The molecule has 0 aliphatic rings. The first-order valence-electron chi connectivity index (χ1n) is 4.40. The van der Waals surface area contributed by atoms with Crippen molar-refractivity contribution in [3.63, 3.8) is 0 Å². The number of rotatable bonds is 4. The molecule has 1 heterocycles. The molecule has 4 nitrogen and oxygen atoms in total. The van der Waals surface area contributed by atoms with Crippen LogP contribution in [0.1, 0.15) is 25.5 Å². The van der Waals surface area contributed by atoms with Crippen LogP contribution in [0.25, 0.3) is 0 Å². The van der Waals surface area contributed by atoms with Gasteiger partial charge in [-0.2, -0.15) is 0 Å². The second-order valence-corrected chi connectivity index (χ2v) is 3.13. The van der Waals surface area contributed by atoms with Crippen molar-refractivity contribution in [3.8, 4) is 0 Å². The van der Waals surface area contributed by atoms with Crippen LogP contribution in [0.2, 0.25) is 0 Å². The van der Waals surface area contributed by atoms with E-state index in [4.69, 9.17) is 5.11 Å². The summed E-state index contributed by atoms with van der Waals surface area (Å²) in [6.45, 7) is 4.80. The summed E-state index contributed by atoms with van der Waals surface area (Å²) in [5.74, 6) is 1.17. The average Bonchev–Trinajstić information content (AvgIpc) is 2.15. The molecule has 0 atom stereocenters. The lowest BCUT2D eigenvalue weighted by Gasteiger charge is -2.06. The third-order valence-electron chi connectivity index (χ3n) is 1.70. The Hall–Kier alpha value is -1.16. The number of aliphatic hydroxyl groups excluding tert-OH is 1. The Morgan fingerprint density at radius 3 is 2.85 bits per heavy atom. The van der Waals surface area contributed by atoms with Gasteiger partial charge in [0.05, 0.1) is 6.61 Å². The molecule has 1 rings (SSSR count). The Kier molecular flexibility index (Phi) is 3.64. The number of nitrogens with zero attached hydrogens (tertiary/aromatic N) is 2. The van der Waals surface area contributed by atoms with E-state index in [-0.39, 0.29) is 6.61 Å². The van der Waals surface area contributed by atoms with Crippen molar-refractivity contribution in [2.45, 2.75) is 19.8 Å². The second kappa shape index (κ2) is 4.77. The van der Waals surface area contributed by atoms with E-state index in [9.17, 15) is 0 Å². The highest BCUT2D eigenvalue weighted by molar-refractivity contribution is 5.35. The van der Waals surface area contributed by atoms with Crippen LogP contribution >= 0.6 is 0 Å². The lowest BCUT2D eigenvalue weighted by molar-refractivity contribution is 0.311. The summed E-state index contributed by atoms with van der Waals surface area (Å²) in [6.07, 6.45) is 1.54. The van der Waals surface area contributed by atoms with E-state index in [0.29, 0.717) is 12.5 Å². The van der Waals surface area contributed by atoms with E-state index >= 15 is 0 Å². The fourth-order valence-corrected chi connectivity index (χ4v) is 0.969. The third-order valence-corrected chi connectivity index (χ3v) is 1.70. The highest BCUT2D eigenvalue weighted by Crippen LogP contribution is 2.12. The molecule has 13 heavy (non-hydrogen) atoms. The summed E-state index contributed by atoms with van der Waals surface area (Å²) in [5.41, 5.74) is 1.01. The lowest BCUT2D eigenvalue weighted by atomic mass is 10.1. The number of hydrogen-bond acceptors (Lipinski definition) is 4. The second-order valence-electron chi connectivity index (χ2n) is 3.13. The number of anilines is 1. The van der Waals surface area contributed by atoms with Crippen LogP contribution in [0.15, 0.2) is 12.4 Å². The fourth-order valence-electron chi connectivity index (χ4n) is 0.969. The van der Waals surface area contributed by atoms with Crippen LogP contribution < -0.4 is 5.32 Å². The molecule has 0 aliphatic carbocycles. The summed E-state index contributed by atoms with van der Waals surface area (Å²) in [7, 11) is 0. The minimum absolute atomic E-state index is 0.112. The van der Waals surface area contributed by atoms with Gasteiger partial charge >= 0.3 is 0 Å². The zero-order chi connectivity index (χ0) is 9.68. The van der Waals surface area contributed by atoms with Crippen molar-refractivity contribution >= 4 is 5.82 Å². The van der Waals surface area contributed by atoms with E-state index in [2.05, 4.69) is 29.1 Å². The molecular weight excluding hydrogens is 166 g/mol. The molecule has 2 N–H and O–H groups in total. The molecule has 0 amide bonds. The van der Waals surface area contributed by atoms with Crippen LogP contribution in [0.4, 0.5) is 5.82 Å². The van der Waals surface area contributed by atoms with Crippen LogP contribution in [-0.4, -0.2) is 28.2 Å². The fraction of sp³-hybridized carbons (Fsp3) is 0.556. The standard InChI is InChI=1S/C9H15N3O/c1-7(2)8-5-9(10-3-4-13)12-6-11-8/h5-7,13H,3-4H2,1-2H3,(H,10,11,12). The Morgan fingerprint density at radius 2 is 2.23 bits per heavy atom. The van der Waals surface area contributed by atoms with Gasteiger partial charge in [-0.1, -0.05) is 13.8 Å². The zero-order valence-electron chi connectivity index (χ0n) is 7.99. The topological polar surface area (TPSA) is 58.0 Å². The molecule has 4 heteroatoms. The minimum Gasteiger partial charge on any atom is -0.395 e. The lowest BCUT2D eigenvalue weighted by Crippen LogP contribution is -2.07. The predicted molar refractivity (Wildman–Crippen MR) is 51.7 cm³/mol. The molecule has 0 unspecified atom stereocenters. The summed E-state index contributed by atoms with van der Waals surface area (Å²) < 4.78 is 0. The summed E-state index contributed by atoms with van der Waals surface area (Å²) in [4.78, 5) is 8.16. The van der Waals surface area contributed by atoms with Gasteiger partial charge in [0.25, 0.3) is 0 Å².